The summed E-state index contributed by atoms with van der Waals surface area (Å²) in [5, 5.41) is 3.33. The van der Waals surface area contributed by atoms with Crippen LogP contribution in [-0.2, 0) is 5.88 Å². The van der Waals surface area contributed by atoms with E-state index in [1.165, 1.54) is 30.8 Å². The van der Waals surface area contributed by atoms with E-state index in [-0.39, 0.29) is 0 Å². The van der Waals surface area contributed by atoms with Crippen molar-refractivity contribution in [3.63, 3.8) is 0 Å². The van der Waals surface area contributed by atoms with E-state index in [1.807, 2.05) is 0 Å². The van der Waals surface area contributed by atoms with Crippen molar-refractivity contribution in [1.29, 1.82) is 0 Å². The molecule has 0 N–H and O–H groups in total. The minimum absolute atomic E-state index is 0.484. The van der Waals surface area contributed by atoms with Gasteiger partial charge >= 0.3 is 0 Å². The normalized spacial score (nSPS) is 31.1. The largest absolute Gasteiger partial charge is 0.291 e. The Morgan fingerprint density at radius 1 is 1.62 bits per heavy atom. The fourth-order valence-corrected chi connectivity index (χ4v) is 4.28. The van der Waals surface area contributed by atoms with Crippen LogP contribution in [0.3, 0.4) is 0 Å². The highest BCUT2D eigenvalue weighted by Crippen LogP contribution is 2.42. The summed E-state index contributed by atoms with van der Waals surface area (Å²) in [6.07, 6.45) is 4.25. The van der Waals surface area contributed by atoms with Crippen LogP contribution in [0.2, 0.25) is 0 Å². The molecule has 1 aromatic heterocycles. The van der Waals surface area contributed by atoms with E-state index >= 15 is 0 Å². The van der Waals surface area contributed by atoms with E-state index in [9.17, 15) is 0 Å². The summed E-state index contributed by atoms with van der Waals surface area (Å²) in [4.78, 5) is 7.25. The molecule has 2 bridgehead atoms. The van der Waals surface area contributed by atoms with Gasteiger partial charge in [-0.1, -0.05) is 0 Å². The lowest BCUT2D eigenvalue weighted by Crippen LogP contribution is -2.34. The molecule has 1 aliphatic heterocycles. The van der Waals surface area contributed by atoms with Gasteiger partial charge in [0.1, 0.15) is 5.01 Å². The van der Waals surface area contributed by atoms with Crippen LogP contribution in [0.5, 0.6) is 0 Å². The maximum absolute atomic E-state index is 5.80. The predicted molar refractivity (Wildman–Crippen MR) is 67.9 cm³/mol. The van der Waals surface area contributed by atoms with Crippen molar-refractivity contribution in [3.05, 3.63) is 16.1 Å². The number of hydrogen-bond acceptors (Lipinski definition) is 3. The minimum Gasteiger partial charge on any atom is -0.291 e. The molecule has 1 saturated heterocycles. The Morgan fingerprint density at radius 2 is 2.50 bits per heavy atom. The van der Waals surface area contributed by atoms with Crippen molar-refractivity contribution in [2.45, 2.75) is 44.1 Å². The second kappa shape index (κ2) is 4.28. The third-order valence-electron chi connectivity index (χ3n) is 4.01. The summed E-state index contributed by atoms with van der Waals surface area (Å²) in [5.41, 5.74) is 1.03. The van der Waals surface area contributed by atoms with Gasteiger partial charge in [0.05, 0.1) is 17.6 Å². The first kappa shape index (κ1) is 11.0. The van der Waals surface area contributed by atoms with E-state index in [0.717, 1.165) is 17.7 Å². The Kier molecular flexibility index (Phi) is 2.94. The monoisotopic (exact) mass is 256 g/mol. The second-order valence-corrected chi connectivity index (χ2v) is 6.17. The van der Waals surface area contributed by atoms with Crippen molar-refractivity contribution in [2.24, 2.45) is 5.92 Å². The Morgan fingerprint density at radius 3 is 3.06 bits per heavy atom. The lowest BCUT2D eigenvalue weighted by Gasteiger charge is -2.31. The molecule has 3 rings (SSSR count). The molecule has 0 spiro atoms. The number of likely N-dealkylation sites (tertiary alicyclic amines) is 1. The van der Waals surface area contributed by atoms with Crippen LogP contribution in [0.4, 0.5) is 0 Å². The number of halogens is 1. The zero-order chi connectivity index (χ0) is 11.1. The van der Waals surface area contributed by atoms with Gasteiger partial charge in [0.2, 0.25) is 0 Å². The van der Waals surface area contributed by atoms with Crippen molar-refractivity contribution >= 4 is 22.9 Å². The molecule has 0 amide bonds. The van der Waals surface area contributed by atoms with E-state index in [0.29, 0.717) is 11.9 Å². The standard InChI is InChI=1S/C12H17ClN2S/c1-8(12-14-10(5-13)7-16-12)15-6-9-2-3-11(15)4-9/h7-9,11H,2-6H2,1H3. The molecule has 1 saturated carbocycles. The van der Waals surface area contributed by atoms with Crippen LogP contribution in [0.25, 0.3) is 0 Å². The zero-order valence-corrected chi connectivity index (χ0v) is 11.1. The highest BCUT2D eigenvalue weighted by molar-refractivity contribution is 7.09. The maximum atomic E-state index is 5.80. The van der Waals surface area contributed by atoms with Crippen LogP contribution in [-0.4, -0.2) is 22.5 Å². The maximum Gasteiger partial charge on any atom is 0.110 e. The Labute approximate surface area is 106 Å². The predicted octanol–water partition coefficient (Wildman–Crippen LogP) is 3.43. The Bertz CT molecular complexity index is 379. The average Bonchev–Trinajstić information content (AvgIpc) is 3.03. The molecule has 16 heavy (non-hydrogen) atoms. The number of fused-ring (bicyclic) bond motifs is 2. The molecule has 2 fully saturated rings. The van der Waals surface area contributed by atoms with Gasteiger partial charge in [-0.3, -0.25) is 4.90 Å². The molecular weight excluding hydrogens is 240 g/mol. The summed E-state index contributed by atoms with van der Waals surface area (Å²) in [6, 6.07) is 1.31. The number of piperidine rings is 1. The number of thiazole rings is 1. The van der Waals surface area contributed by atoms with E-state index in [4.69, 9.17) is 11.6 Å². The Hall–Kier alpha value is -0.120. The number of hydrogen-bond donors (Lipinski definition) is 0. The van der Waals surface area contributed by atoms with Gasteiger partial charge in [-0.05, 0) is 32.1 Å². The third-order valence-corrected chi connectivity index (χ3v) is 5.35. The lowest BCUT2D eigenvalue weighted by molar-refractivity contribution is 0.160. The topological polar surface area (TPSA) is 16.1 Å². The molecule has 88 valence electrons. The zero-order valence-electron chi connectivity index (χ0n) is 9.53. The van der Waals surface area contributed by atoms with Crippen LogP contribution < -0.4 is 0 Å². The summed E-state index contributed by atoms with van der Waals surface area (Å²) in [5.74, 6) is 1.50. The van der Waals surface area contributed by atoms with Crippen molar-refractivity contribution in [2.75, 3.05) is 6.54 Å². The van der Waals surface area contributed by atoms with E-state index in [2.05, 4.69) is 22.2 Å². The van der Waals surface area contributed by atoms with Crippen molar-refractivity contribution in [1.82, 2.24) is 9.88 Å². The van der Waals surface area contributed by atoms with Crippen LogP contribution in [0.15, 0.2) is 5.38 Å². The number of aromatic nitrogens is 1. The SMILES string of the molecule is CC(c1nc(CCl)cs1)N1CC2CCC1C2. The third kappa shape index (κ3) is 1.79. The van der Waals surface area contributed by atoms with Crippen molar-refractivity contribution in [3.8, 4) is 0 Å². The molecule has 2 aliphatic rings. The fraction of sp³-hybridized carbons (Fsp3) is 0.750. The highest BCUT2D eigenvalue weighted by atomic mass is 35.5. The molecule has 3 atom stereocenters. The van der Waals surface area contributed by atoms with Gasteiger partial charge in [0, 0.05) is 18.0 Å². The van der Waals surface area contributed by atoms with Gasteiger partial charge in [-0.25, -0.2) is 4.98 Å². The molecule has 2 heterocycles. The fourth-order valence-electron chi connectivity index (χ4n) is 3.15. The van der Waals surface area contributed by atoms with Crippen LogP contribution in [0, 0.1) is 5.92 Å². The van der Waals surface area contributed by atoms with Gasteiger partial charge < -0.3 is 0 Å². The van der Waals surface area contributed by atoms with Gasteiger partial charge in [-0.2, -0.15) is 0 Å². The van der Waals surface area contributed by atoms with Gasteiger partial charge in [0.25, 0.3) is 0 Å². The molecule has 1 aliphatic carbocycles. The summed E-state index contributed by atoms with van der Waals surface area (Å²) in [7, 11) is 0. The minimum atomic E-state index is 0.484. The van der Waals surface area contributed by atoms with E-state index < -0.39 is 0 Å². The molecule has 2 nitrogen and oxygen atoms in total. The van der Waals surface area contributed by atoms with Crippen LogP contribution >= 0.6 is 22.9 Å². The summed E-state index contributed by atoms with van der Waals surface area (Å²) >= 11 is 7.56. The van der Waals surface area contributed by atoms with E-state index in [1.54, 1.807) is 11.3 Å². The van der Waals surface area contributed by atoms with Crippen molar-refractivity contribution < 1.29 is 0 Å². The molecule has 1 aromatic rings. The number of nitrogens with zero attached hydrogens (tertiary/aromatic N) is 2. The molecular formula is C12H17ClN2S. The Balaban J connectivity index is 1.75. The highest BCUT2D eigenvalue weighted by Gasteiger charge is 2.40. The molecule has 0 radical (unpaired) electrons. The summed E-state index contributed by atoms with van der Waals surface area (Å²) in [6.45, 7) is 3.57. The molecule has 0 aromatic carbocycles. The smallest absolute Gasteiger partial charge is 0.110 e. The first-order chi connectivity index (χ1) is 7.78. The van der Waals surface area contributed by atoms with Gasteiger partial charge in [0.15, 0.2) is 0 Å². The molecule has 3 unspecified atom stereocenters. The van der Waals surface area contributed by atoms with Gasteiger partial charge in [-0.15, -0.1) is 22.9 Å². The first-order valence-electron chi connectivity index (χ1n) is 6.04. The second-order valence-electron chi connectivity index (χ2n) is 5.02. The average molecular weight is 257 g/mol. The number of rotatable bonds is 3. The lowest BCUT2D eigenvalue weighted by atomic mass is 10.1. The summed E-state index contributed by atoms with van der Waals surface area (Å²) < 4.78 is 0. The number of alkyl halides is 1. The first-order valence-corrected chi connectivity index (χ1v) is 7.45. The van der Waals surface area contributed by atoms with Crippen LogP contribution in [0.1, 0.15) is 42.9 Å². The quantitative estimate of drug-likeness (QED) is 0.771. The molecule has 4 heteroatoms.